The van der Waals surface area contributed by atoms with Crippen molar-refractivity contribution in [3.05, 3.63) is 65.7 Å². The van der Waals surface area contributed by atoms with Crippen LogP contribution in [0.5, 0.6) is 0 Å². The van der Waals surface area contributed by atoms with Crippen molar-refractivity contribution in [1.29, 1.82) is 0 Å². The number of esters is 1. The Morgan fingerprint density at radius 2 is 1.57 bits per heavy atom. The van der Waals surface area contributed by atoms with Gasteiger partial charge >= 0.3 is 5.97 Å². The molecule has 0 aliphatic carbocycles. The summed E-state index contributed by atoms with van der Waals surface area (Å²) >= 11 is 0. The fourth-order valence-electron chi connectivity index (χ4n) is 2.68. The number of ether oxygens (including phenoxy) is 1. The van der Waals surface area contributed by atoms with Crippen LogP contribution in [-0.2, 0) is 36.9 Å². The highest BCUT2D eigenvalue weighted by atomic mass is 16.5. The van der Waals surface area contributed by atoms with Gasteiger partial charge in [0.25, 0.3) is 0 Å². The lowest BCUT2D eigenvalue weighted by molar-refractivity contribution is -0.147. The topological polar surface area (TPSA) is 102 Å². The number of Topliss-reactive ketones (excluding diaryl/α,β-unsaturated/α-hetero) is 1. The van der Waals surface area contributed by atoms with Crippen LogP contribution < -0.4 is 10.6 Å². The molecule has 7 heteroatoms. The minimum atomic E-state index is -0.571. The van der Waals surface area contributed by atoms with E-state index in [0.717, 1.165) is 11.1 Å². The Morgan fingerprint density at radius 3 is 2.23 bits per heavy atom. The summed E-state index contributed by atoms with van der Waals surface area (Å²) < 4.78 is 5.07. The van der Waals surface area contributed by atoms with Crippen molar-refractivity contribution >= 4 is 29.3 Å². The van der Waals surface area contributed by atoms with Gasteiger partial charge in [0, 0.05) is 32.0 Å². The van der Waals surface area contributed by atoms with Crippen LogP contribution in [-0.4, -0.2) is 30.1 Å². The highest BCUT2D eigenvalue weighted by Crippen LogP contribution is 2.11. The summed E-state index contributed by atoms with van der Waals surface area (Å²) in [5.41, 5.74) is 2.53. The van der Waals surface area contributed by atoms with Crippen molar-refractivity contribution in [2.24, 2.45) is 0 Å². The fourth-order valence-corrected chi connectivity index (χ4v) is 2.68. The van der Waals surface area contributed by atoms with E-state index in [-0.39, 0.29) is 50.0 Å². The van der Waals surface area contributed by atoms with E-state index in [1.54, 1.807) is 12.1 Å². The lowest BCUT2D eigenvalue weighted by Crippen LogP contribution is -2.26. The predicted molar refractivity (Wildman–Crippen MR) is 113 cm³/mol. The molecule has 2 aromatic rings. The number of carbonyl (C=O) groups excluding carboxylic acids is 4. The molecule has 2 aromatic carbocycles. The molecule has 2 amide bonds. The van der Waals surface area contributed by atoms with Crippen molar-refractivity contribution in [1.82, 2.24) is 5.32 Å². The Kier molecular flexibility index (Phi) is 9.24. The second-order valence-electron chi connectivity index (χ2n) is 6.84. The molecule has 0 fully saturated rings. The summed E-state index contributed by atoms with van der Waals surface area (Å²) in [6, 6.07) is 16.5. The Bertz CT molecular complexity index is 863. The molecule has 0 saturated carbocycles. The highest BCUT2D eigenvalue weighted by molar-refractivity contribution is 5.95. The van der Waals surface area contributed by atoms with Crippen LogP contribution in [0.4, 0.5) is 5.69 Å². The normalized spacial score (nSPS) is 10.2. The van der Waals surface area contributed by atoms with Crippen LogP contribution in [0.2, 0.25) is 0 Å². The second kappa shape index (κ2) is 12.2. The van der Waals surface area contributed by atoms with Crippen LogP contribution in [0, 0.1) is 0 Å². The number of hydrogen-bond donors (Lipinski definition) is 2. The Labute approximate surface area is 175 Å². The number of rotatable bonds is 11. The van der Waals surface area contributed by atoms with E-state index in [9.17, 15) is 19.2 Å². The molecule has 0 heterocycles. The maximum absolute atomic E-state index is 11.9. The summed E-state index contributed by atoms with van der Waals surface area (Å²) in [6.07, 6.45) is 0.611. The standard InChI is InChI=1S/C23H26N2O5/c1-17(26)25-20-10-7-18(8-11-20)9-12-22(28)24-14-13-21(27)15-23(29)30-16-19-5-3-2-4-6-19/h2-8,10-11H,9,12-16H2,1H3,(H,24,28)(H,25,26). The van der Waals surface area contributed by atoms with Crippen molar-refractivity contribution in [3.63, 3.8) is 0 Å². The zero-order valence-corrected chi connectivity index (χ0v) is 17.0. The molecule has 0 aliphatic rings. The van der Waals surface area contributed by atoms with Gasteiger partial charge in [-0.3, -0.25) is 19.2 Å². The van der Waals surface area contributed by atoms with Gasteiger partial charge in [-0.05, 0) is 29.7 Å². The molecule has 0 bridgehead atoms. The van der Waals surface area contributed by atoms with Gasteiger partial charge in [-0.2, -0.15) is 0 Å². The van der Waals surface area contributed by atoms with Gasteiger partial charge in [0.15, 0.2) is 0 Å². The molecular formula is C23H26N2O5. The molecular weight excluding hydrogens is 384 g/mol. The lowest BCUT2D eigenvalue weighted by Gasteiger charge is -2.07. The second-order valence-corrected chi connectivity index (χ2v) is 6.84. The molecule has 0 aromatic heterocycles. The molecule has 2 N–H and O–H groups in total. The SMILES string of the molecule is CC(=O)Nc1ccc(CCC(=O)NCCC(=O)CC(=O)OCc2ccccc2)cc1. The molecule has 0 unspecified atom stereocenters. The first kappa shape index (κ1) is 22.8. The van der Waals surface area contributed by atoms with Crippen LogP contribution in [0.3, 0.4) is 0 Å². The van der Waals surface area contributed by atoms with Gasteiger partial charge in [-0.15, -0.1) is 0 Å². The van der Waals surface area contributed by atoms with Crippen LogP contribution in [0.25, 0.3) is 0 Å². The first-order valence-electron chi connectivity index (χ1n) is 9.77. The number of amides is 2. The number of nitrogens with one attached hydrogen (secondary N) is 2. The average molecular weight is 410 g/mol. The van der Waals surface area contributed by atoms with Crippen LogP contribution in [0.15, 0.2) is 54.6 Å². The molecule has 2 rings (SSSR count). The van der Waals surface area contributed by atoms with Crippen LogP contribution in [0.1, 0.15) is 37.3 Å². The molecule has 30 heavy (non-hydrogen) atoms. The first-order valence-corrected chi connectivity index (χ1v) is 9.77. The van der Waals surface area contributed by atoms with E-state index >= 15 is 0 Å². The van der Waals surface area contributed by atoms with Crippen molar-refractivity contribution in [2.45, 2.75) is 39.2 Å². The molecule has 0 aliphatic heterocycles. The van der Waals surface area contributed by atoms with Crippen molar-refractivity contribution < 1.29 is 23.9 Å². The van der Waals surface area contributed by atoms with Gasteiger partial charge in [-0.1, -0.05) is 42.5 Å². The number of carbonyl (C=O) groups is 4. The summed E-state index contributed by atoms with van der Waals surface area (Å²) in [5, 5.41) is 5.37. The predicted octanol–water partition coefficient (Wildman–Crippen LogP) is 2.79. The minimum absolute atomic E-state index is 0.0809. The maximum atomic E-state index is 11.9. The monoisotopic (exact) mass is 410 g/mol. The number of aryl methyl sites for hydroxylation is 1. The van der Waals surface area contributed by atoms with E-state index in [0.29, 0.717) is 12.1 Å². The lowest BCUT2D eigenvalue weighted by atomic mass is 10.1. The van der Waals surface area contributed by atoms with E-state index in [1.807, 2.05) is 42.5 Å². The third-order valence-corrected chi connectivity index (χ3v) is 4.23. The molecule has 0 radical (unpaired) electrons. The fraction of sp³-hybridized carbons (Fsp3) is 0.304. The zero-order valence-electron chi connectivity index (χ0n) is 17.0. The van der Waals surface area contributed by atoms with E-state index in [2.05, 4.69) is 10.6 Å². The molecule has 0 spiro atoms. The quantitative estimate of drug-likeness (QED) is 0.438. The van der Waals surface area contributed by atoms with E-state index < -0.39 is 5.97 Å². The Balaban J connectivity index is 1.58. The number of ketones is 1. The third-order valence-electron chi connectivity index (χ3n) is 4.23. The molecule has 158 valence electrons. The third kappa shape index (κ3) is 9.14. The van der Waals surface area contributed by atoms with E-state index in [4.69, 9.17) is 4.74 Å². The highest BCUT2D eigenvalue weighted by Gasteiger charge is 2.11. The van der Waals surface area contributed by atoms with E-state index in [1.165, 1.54) is 6.92 Å². The van der Waals surface area contributed by atoms with Crippen molar-refractivity contribution in [2.75, 3.05) is 11.9 Å². The number of hydrogen-bond acceptors (Lipinski definition) is 5. The molecule has 0 atom stereocenters. The molecule has 0 saturated heterocycles. The number of benzene rings is 2. The van der Waals surface area contributed by atoms with Gasteiger partial charge < -0.3 is 15.4 Å². The maximum Gasteiger partial charge on any atom is 0.313 e. The average Bonchev–Trinajstić information content (AvgIpc) is 2.72. The Morgan fingerprint density at radius 1 is 0.867 bits per heavy atom. The summed E-state index contributed by atoms with van der Waals surface area (Å²) in [4.78, 5) is 46.5. The van der Waals surface area contributed by atoms with Gasteiger partial charge in [0.1, 0.15) is 18.8 Å². The number of anilines is 1. The first-order chi connectivity index (χ1) is 14.4. The summed E-state index contributed by atoms with van der Waals surface area (Å²) in [7, 11) is 0. The largest absolute Gasteiger partial charge is 0.460 e. The summed E-state index contributed by atoms with van der Waals surface area (Å²) in [6.45, 7) is 1.76. The Hall–Kier alpha value is -3.48. The van der Waals surface area contributed by atoms with Gasteiger partial charge in [0.05, 0.1) is 0 Å². The molecule has 7 nitrogen and oxygen atoms in total. The minimum Gasteiger partial charge on any atom is -0.460 e. The summed E-state index contributed by atoms with van der Waals surface area (Å²) in [5.74, 6) is -1.15. The van der Waals surface area contributed by atoms with Crippen molar-refractivity contribution in [3.8, 4) is 0 Å². The smallest absolute Gasteiger partial charge is 0.313 e. The van der Waals surface area contributed by atoms with Gasteiger partial charge in [-0.25, -0.2) is 0 Å². The van der Waals surface area contributed by atoms with Crippen LogP contribution >= 0.6 is 0 Å². The zero-order chi connectivity index (χ0) is 21.8. The van der Waals surface area contributed by atoms with Gasteiger partial charge in [0.2, 0.25) is 11.8 Å².